The Balaban J connectivity index is 1.50. The molecule has 2 aliphatic rings. The number of amides is 2. The van der Waals surface area contributed by atoms with Gasteiger partial charge in [0.1, 0.15) is 35.4 Å². The summed E-state index contributed by atoms with van der Waals surface area (Å²) in [4.78, 5) is 33.9. The number of thiophene rings is 1. The van der Waals surface area contributed by atoms with Crippen LogP contribution in [0.15, 0.2) is 60.5 Å². The highest BCUT2D eigenvalue weighted by Gasteiger charge is 2.31. The van der Waals surface area contributed by atoms with Crippen LogP contribution < -0.4 is 4.74 Å². The first-order chi connectivity index (χ1) is 22.2. The van der Waals surface area contributed by atoms with Gasteiger partial charge in [0, 0.05) is 58.5 Å². The fourth-order valence-electron chi connectivity index (χ4n) is 6.27. The summed E-state index contributed by atoms with van der Waals surface area (Å²) in [5.74, 6) is -2.04. The molecule has 5 aromatic rings. The van der Waals surface area contributed by atoms with E-state index in [0.717, 1.165) is 23.4 Å². The molecule has 2 aromatic carbocycles. The predicted molar refractivity (Wildman–Crippen MR) is 170 cm³/mol. The lowest BCUT2D eigenvalue weighted by molar-refractivity contribution is -0.129. The van der Waals surface area contributed by atoms with E-state index in [0.29, 0.717) is 63.5 Å². The lowest BCUT2D eigenvalue weighted by atomic mass is 9.95. The molecule has 9 nitrogen and oxygen atoms in total. The first-order valence-electron chi connectivity index (χ1n) is 14.7. The van der Waals surface area contributed by atoms with Crippen molar-refractivity contribution in [1.29, 1.82) is 0 Å². The van der Waals surface area contributed by atoms with Crippen molar-refractivity contribution in [2.45, 2.75) is 32.6 Å². The van der Waals surface area contributed by atoms with Crippen LogP contribution in [0, 0.1) is 11.6 Å². The first kappa shape index (κ1) is 29.8. The second-order valence-electron chi connectivity index (χ2n) is 11.4. The number of carbonyl (C=O) groups is 2. The number of pyridine rings is 1. The lowest BCUT2D eigenvalue weighted by Crippen LogP contribution is -2.44. The van der Waals surface area contributed by atoms with Gasteiger partial charge in [-0.05, 0) is 42.1 Å². The number of aliphatic hydroxyl groups is 1. The maximum atomic E-state index is 15.9. The van der Waals surface area contributed by atoms with E-state index in [1.807, 2.05) is 47.3 Å². The van der Waals surface area contributed by atoms with Gasteiger partial charge in [0.05, 0.1) is 36.6 Å². The molecule has 5 heterocycles. The molecule has 234 valence electrons. The van der Waals surface area contributed by atoms with Crippen LogP contribution in [0.1, 0.15) is 28.5 Å². The zero-order chi connectivity index (χ0) is 32.3. The minimum atomic E-state index is -0.857. The quantitative estimate of drug-likeness (QED) is 0.231. The largest absolute Gasteiger partial charge is 0.490 e. The Kier molecular flexibility index (Phi) is 7.41. The predicted octanol–water partition coefficient (Wildman–Crippen LogP) is 5.65. The molecular formula is C34H29F2N5O4S. The molecule has 0 bridgehead atoms. The third-order valence-corrected chi connectivity index (χ3v) is 9.39. The van der Waals surface area contributed by atoms with E-state index in [-0.39, 0.29) is 42.4 Å². The van der Waals surface area contributed by atoms with Crippen LogP contribution >= 0.6 is 11.3 Å². The molecule has 0 radical (unpaired) electrons. The molecule has 7 rings (SSSR count). The number of halogens is 2. The van der Waals surface area contributed by atoms with Gasteiger partial charge in [0.25, 0.3) is 5.91 Å². The van der Waals surface area contributed by atoms with E-state index in [2.05, 4.69) is 6.58 Å². The van der Waals surface area contributed by atoms with E-state index >= 15 is 4.39 Å². The smallest absolute Gasteiger partial charge is 0.254 e. The van der Waals surface area contributed by atoms with Crippen LogP contribution in [0.5, 0.6) is 5.75 Å². The number of hydrogen-bond acceptors (Lipinski definition) is 7. The van der Waals surface area contributed by atoms with Crippen molar-refractivity contribution in [2.24, 2.45) is 0 Å². The topological polar surface area (TPSA) is 101 Å². The van der Waals surface area contributed by atoms with Crippen molar-refractivity contribution in [1.82, 2.24) is 24.6 Å². The first-order valence-corrected chi connectivity index (χ1v) is 15.6. The monoisotopic (exact) mass is 641 g/mol. The molecule has 0 saturated heterocycles. The maximum Gasteiger partial charge on any atom is 0.254 e. The van der Waals surface area contributed by atoms with Crippen LogP contribution in [0.2, 0.25) is 0 Å². The van der Waals surface area contributed by atoms with Crippen molar-refractivity contribution in [3.8, 4) is 39.5 Å². The van der Waals surface area contributed by atoms with Gasteiger partial charge in [0.15, 0.2) is 0 Å². The van der Waals surface area contributed by atoms with Crippen molar-refractivity contribution in [3.05, 3.63) is 89.0 Å². The van der Waals surface area contributed by atoms with E-state index in [4.69, 9.17) is 14.8 Å². The fraction of sp³-hybridized carbons (Fsp3) is 0.235. The number of rotatable bonds is 7. The molecule has 0 fully saturated rings. The third-order valence-electron chi connectivity index (χ3n) is 8.46. The Morgan fingerprint density at radius 3 is 2.76 bits per heavy atom. The van der Waals surface area contributed by atoms with Gasteiger partial charge < -0.3 is 19.6 Å². The summed E-state index contributed by atoms with van der Waals surface area (Å²) in [6, 6.07) is 11.1. The zero-order valence-corrected chi connectivity index (χ0v) is 25.9. The maximum absolute atomic E-state index is 15.9. The van der Waals surface area contributed by atoms with Crippen LogP contribution in [0.4, 0.5) is 8.78 Å². The number of benzene rings is 2. The van der Waals surface area contributed by atoms with Gasteiger partial charge in [-0.3, -0.25) is 14.3 Å². The average molecular weight is 642 g/mol. The van der Waals surface area contributed by atoms with E-state index < -0.39 is 11.6 Å². The summed E-state index contributed by atoms with van der Waals surface area (Å²) >= 11 is 1.36. The summed E-state index contributed by atoms with van der Waals surface area (Å²) in [5.41, 5.74) is 4.65. The van der Waals surface area contributed by atoms with Crippen molar-refractivity contribution in [3.63, 3.8) is 0 Å². The molecule has 46 heavy (non-hydrogen) atoms. The van der Waals surface area contributed by atoms with Gasteiger partial charge in [-0.25, -0.2) is 13.8 Å². The normalized spacial score (nSPS) is 15.8. The van der Waals surface area contributed by atoms with Crippen LogP contribution in [0.3, 0.4) is 0 Å². The number of hydrogen-bond donors (Lipinski definition) is 1. The summed E-state index contributed by atoms with van der Waals surface area (Å²) in [6.07, 6.45) is 1.28. The number of aromatic nitrogens is 3. The molecule has 0 saturated carbocycles. The van der Waals surface area contributed by atoms with Crippen LogP contribution in [0.25, 0.3) is 43.9 Å². The average Bonchev–Trinajstić information content (AvgIpc) is 3.76. The summed E-state index contributed by atoms with van der Waals surface area (Å²) in [7, 11) is 1.75. The number of ether oxygens (including phenoxy) is 1. The zero-order valence-electron chi connectivity index (χ0n) is 25.1. The van der Waals surface area contributed by atoms with Gasteiger partial charge in [-0.2, -0.15) is 5.10 Å². The molecule has 1 N–H and O–H groups in total. The Bertz CT molecular complexity index is 2070. The SMILES string of the molecule is C=CC(=O)N1Cc2cc(-c3nc(-c4ccc5c(c4)C(=O)N(C)C5)c4ccsc4c3-c3c(F)cc(F)cc3OCCO)nn2CC1C. The molecule has 12 heteroatoms. The molecule has 1 atom stereocenters. The van der Waals surface area contributed by atoms with Gasteiger partial charge in [0.2, 0.25) is 5.91 Å². The Labute approximate surface area is 267 Å². The number of aliphatic hydroxyl groups excluding tert-OH is 1. The van der Waals surface area contributed by atoms with Gasteiger partial charge in [-0.15, -0.1) is 11.3 Å². The molecular weight excluding hydrogens is 612 g/mol. The third kappa shape index (κ3) is 4.85. The van der Waals surface area contributed by atoms with Gasteiger partial charge in [-0.1, -0.05) is 18.7 Å². The van der Waals surface area contributed by atoms with Crippen molar-refractivity contribution in [2.75, 3.05) is 20.3 Å². The minimum absolute atomic E-state index is 0.00934. The summed E-state index contributed by atoms with van der Waals surface area (Å²) in [6.45, 7) is 6.26. The molecule has 0 spiro atoms. The minimum Gasteiger partial charge on any atom is -0.490 e. The van der Waals surface area contributed by atoms with Crippen molar-refractivity contribution < 1.29 is 28.2 Å². The molecule has 1 unspecified atom stereocenters. The van der Waals surface area contributed by atoms with Gasteiger partial charge >= 0.3 is 0 Å². The highest BCUT2D eigenvalue weighted by molar-refractivity contribution is 7.18. The number of carbonyl (C=O) groups excluding carboxylic acids is 2. The standard InChI is InChI=1S/C34H29F2N5O4S/c1-4-28(43)40-17-22-14-26(38-41(22)15-18(40)2)32-30(29-25(36)12-21(35)13-27(29)45-9-8-42)33-23(7-10-46-33)31(37-32)19-5-6-20-16-39(3)34(44)24(20)11-19/h4-7,10-14,18,42H,1,8-9,15-17H2,2-3H3. The molecule has 3 aromatic heterocycles. The highest BCUT2D eigenvalue weighted by atomic mass is 32.1. The fourth-order valence-corrected chi connectivity index (χ4v) is 7.21. The Hall–Kier alpha value is -4.94. The second kappa shape index (κ2) is 11.5. The van der Waals surface area contributed by atoms with E-state index in [1.165, 1.54) is 17.4 Å². The van der Waals surface area contributed by atoms with Crippen LogP contribution in [-0.4, -0.2) is 67.8 Å². The van der Waals surface area contributed by atoms with E-state index in [9.17, 15) is 19.1 Å². The van der Waals surface area contributed by atoms with Crippen molar-refractivity contribution >= 4 is 33.2 Å². The molecule has 0 aliphatic carbocycles. The Morgan fingerprint density at radius 2 is 1.98 bits per heavy atom. The summed E-state index contributed by atoms with van der Waals surface area (Å²) < 4.78 is 38.6. The molecule has 2 amide bonds. The lowest BCUT2D eigenvalue weighted by Gasteiger charge is -2.33. The molecule has 2 aliphatic heterocycles. The Morgan fingerprint density at radius 1 is 1.15 bits per heavy atom. The number of nitrogens with zero attached hydrogens (tertiary/aromatic N) is 5. The summed E-state index contributed by atoms with van der Waals surface area (Å²) in [5, 5.41) is 16.9. The van der Waals surface area contributed by atoms with Crippen LogP contribution in [-0.2, 0) is 24.4 Å². The van der Waals surface area contributed by atoms with E-state index in [1.54, 1.807) is 16.8 Å². The second-order valence-corrected chi connectivity index (χ2v) is 12.4. The highest BCUT2D eigenvalue weighted by Crippen LogP contribution is 2.47. The number of fused-ring (bicyclic) bond motifs is 3.